The van der Waals surface area contributed by atoms with E-state index in [2.05, 4.69) is 27.3 Å². The number of aromatic nitrogens is 3. The molecule has 0 aliphatic carbocycles. The Balaban J connectivity index is 1.56. The molecule has 3 aromatic rings. The summed E-state index contributed by atoms with van der Waals surface area (Å²) in [5, 5.41) is 28.6. The van der Waals surface area contributed by atoms with E-state index < -0.39 is 6.17 Å². The molecule has 0 unspecified atom stereocenters. The van der Waals surface area contributed by atoms with Crippen molar-refractivity contribution >= 4 is 17.6 Å². The summed E-state index contributed by atoms with van der Waals surface area (Å²) in [7, 11) is 0. The highest BCUT2D eigenvalue weighted by Gasteiger charge is 2.32. The Morgan fingerprint density at radius 1 is 1.12 bits per heavy atom. The van der Waals surface area contributed by atoms with Gasteiger partial charge in [0, 0.05) is 17.5 Å². The molecule has 2 aromatic heterocycles. The Bertz CT molecular complexity index is 1270. The van der Waals surface area contributed by atoms with E-state index in [4.69, 9.17) is 9.47 Å². The fourth-order valence-corrected chi connectivity index (χ4v) is 4.59. The zero-order valence-electron chi connectivity index (χ0n) is 18.0. The van der Waals surface area contributed by atoms with Crippen molar-refractivity contribution in [2.75, 3.05) is 31.2 Å². The van der Waals surface area contributed by atoms with Crippen LogP contribution in [-0.4, -0.2) is 53.8 Å². The largest absolute Gasteiger partial charge is 0.486 e. The SMILES string of the molecule is N#Cc1c(SCc2cccnn2)nc(N2CC(F)C2)c(C#N)c1-c1ccc(OC2COC2)cc1. The Kier molecular flexibility index (Phi) is 6.26. The predicted octanol–water partition coefficient (Wildman–Crippen LogP) is 3.51. The average molecular weight is 475 g/mol. The van der Waals surface area contributed by atoms with Gasteiger partial charge in [-0.1, -0.05) is 23.9 Å². The molecule has 4 heterocycles. The Morgan fingerprint density at radius 2 is 1.88 bits per heavy atom. The van der Waals surface area contributed by atoms with Crippen molar-refractivity contribution in [2.24, 2.45) is 0 Å². The van der Waals surface area contributed by atoms with Gasteiger partial charge in [-0.05, 0) is 29.8 Å². The number of hydrogen-bond acceptors (Lipinski definition) is 9. The molecule has 2 saturated heterocycles. The van der Waals surface area contributed by atoms with Crippen LogP contribution in [0.25, 0.3) is 11.1 Å². The summed E-state index contributed by atoms with van der Waals surface area (Å²) >= 11 is 1.34. The highest BCUT2D eigenvalue weighted by atomic mass is 32.2. The van der Waals surface area contributed by atoms with Crippen LogP contribution in [-0.2, 0) is 10.5 Å². The number of nitrogens with zero attached hydrogens (tertiary/aromatic N) is 6. The van der Waals surface area contributed by atoms with Gasteiger partial charge < -0.3 is 14.4 Å². The van der Waals surface area contributed by atoms with Crippen LogP contribution >= 0.6 is 11.8 Å². The second kappa shape index (κ2) is 9.64. The molecule has 10 heteroatoms. The number of anilines is 1. The number of pyridine rings is 1. The van der Waals surface area contributed by atoms with Gasteiger partial charge in [0.2, 0.25) is 0 Å². The van der Waals surface area contributed by atoms with E-state index in [0.717, 1.165) is 5.69 Å². The first-order valence-corrected chi connectivity index (χ1v) is 11.7. The minimum Gasteiger partial charge on any atom is -0.486 e. The lowest BCUT2D eigenvalue weighted by Crippen LogP contribution is -2.49. The van der Waals surface area contributed by atoms with Crippen LogP contribution in [0.5, 0.6) is 5.75 Å². The first-order chi connectivity index (χ1) is 16.7. The van der Waals surface area contributed by atoms with Crippen molar-refractivity contribution in [3.05, 3.63) is 59.4 Å². The molecule has 1 aromatic carbocycles. The Morgan fingerprint density at radius 3 is 2.47 bits per heavy atom. The maximum atomic E-state index is 13.7. The molecule has 2 aliphatic rings. The Hall–Kier alpha value is -3.73. The number of hydrogen-bond donors (Lipinski definition) is 0. The summed E-state index contributed by atoms with van der Waals surface area (Å²) in [4.78, 5) is 6.37. The van der Waals surface area contributed by atoms with Crippen LogP contribution in [0.15, 0.2) is 47.6 Å². The number of alkyl halides is 1. The molecule has 34 heavy (non-hydrogen) atoms. The zero-order valence-corrected chi connectivity index (χ0v) is 18.8. The number of rotatable bonds is 7. The lowest BCUT2D eigenvalue weighted by molar-refractivity contribution is -0.0796. The third-order valence-electron chi connectivity index (χ3n) is 5.54. The van der Waals surface area contributed by atoms with E-state index in [9.17, 15) is 14.9 Å². The van der Waals surface area contributed by atoms with E-state index >= 15 is 0 Å². The second-order valence-corrected chi connectivity index (χ2v) is 8.86. The lowest BCUT2D eigenvalue weighted by atomic mass is 9.95. The number of nitriles is 2. The summed E-state index contributed by atoms with van der Waals surface area (Å²) < 4.78 is 24.6. The minimum atomic E-state index is -0.963. The maximum Gasteiger partial charge on any atom is 0.148 e. The fourth-order valence-electron chi connectivity index (χ4n) is 3.71. The van der Waals surface area contributed by atoms with Crippen molar-refractivity contribution < 1.29 is 13.9 Å². The highest BCUT2D eigenvalue weighted by molar-refractivity contribution is 7.98. The van der Waals surface area contributed by atoms with Crippen molar-refractivity contribution in [1.29, 1.82) is 10.5 Å². The number of benzene rings is 1. The highest BCUT2D eigenvalue weighted by Crippen LogP contribution is 2.40. The summed E-state index contributed by atoms with van der Waals surface area (Å²) in [5.74, 6) is 1.52. The van der Waals surface area contributed by atoms with Gasteiger partial charge in [0.05, 0.1) is 37.6 Å². The number of ether oxygens (including phenoxy) is 2. The predicted molar refractivity (Wildman–Crippen MR) is 123 cm³/mol. The first-order valence-electron chi connectivity index (χ1n) is 10.7. The standard InChI is InChI=1S/C24H19FN6O2S/c25-16-10-31(11-16)23-20(8-26)22(15-3-5-18(6-4-15)33-19-12-32-13-19)21(9-27)24(29-23)34-14-17-2-1-7-28-30-17/h1-7,16,19H,10-14H2. The molecule has 0 spiro atoms. The summed E-state index contributed by atoms with van der Waals surface area (Å²) in [6, 6.07) is 15.3. The number of halogens is 1. The maximum absolute atomic E-state index is 13.7. The van der Waals surface area contributed by atoms with Crippen LogP contribution in [0.2, 0.25) is 0 Å². The third-order valence-corrected chi connectivity index (χ3v) is 6.55. The van der Waals surface area contributed by atoms with Crippen LogP contribution in [0, 0.1) is 22.7 Å². The molecule has 8 nitrogen and oxygen atoms in total. The van der Waals surface area contributed by atoms with Crippen LogP contribution in [0.3, 0.4) is 0 Å². The van der Waals surface area contributed by atoms with Crippen LogP contribution in [0.1, 0.15) is 16.8 Å². The summed E-state index contributed by atoms with van der Waals surface area (Å²) in [6.07, 6.45) is 0.662. The van der Waals surface area contributed by atoms with E-state index in [0.29, 0.717) is 52.3 Å². The van der Waals surface area contributed by atoms with Crippen molar-refractivity contribution in [3.63, 3.8) is 0 Å². The quantitative estimate of drug-likeness (QED) is 0.475. The minimum absolute atomic E-state index is 0.0341. The topological polar surface area (TPSA) is 108 Å². The second-order valence-electron chi connectivity index (χ2n) is 7.90. The van der Waals surface area contributed by atoms with Gasteiger partial charge in [-0.25, -0.2) is 9.37 Å². The monoisotopic (exact) mass is 474 g/mol. The van der Waals surface area contributed by atoms with Gasteiger partial charge in [-0.2, -0.15) is 20.7 Å². The lowest BCUT2D eigenvalue weighted by Gasteiger charge is -2.36. The average Bonchev–Trinajstić information content (AvgIpc) is 2.83. The van der Waals surface area contributed by atoms with Gasteiger partial charge in [0.15, 0.2) is 0 Å². The normalized spacial score (nSPS) is 15.7. The molecule has 0 atom stereocenters. The Labute approximate surface area is 200 Å². The smallest absolute Gasteiger partial charge is 0.148 e. The van der Waals surface area contributed by atoms with Crippen molar-refractivity contribution in [3.8, 4) is 29.0 Å². The zero-order chi connectivity index (χ0) is 23.5. The van der Waals surface area contributed by atoms with Gasteiger partial charge in [-0.3, -0.25) is 0 Å². The van der Waals surface area contributed by atoms with E-state index in [1.165, 1.54) is 11.8 Å². The van der Waals surface area contributed by atoms with Crippen molar-refractivity contribution in [1.82, 2.24) is 15.2 Å². The molecule has 0 amide bonds. The molecular weight excluding hydrogens is 455 g/mol. The molecular formula is C24H19FN6O2S. The first kappa shape index (κ1) is 22.1. The molecule has 5 rings (SSSR count). The molecule has 0 radical (unpaired) electrons. The third kappa shape index (κ3) is 4.38. The molecule has 0 bridgehead atoms. The summed E-state index contributed by atoms with van der Waals surface area (Å²) in [5.41, 5.74) is 2.46. The van der Waals surface area contributed by atoms with Crippen molar-refractivity contribution in [2.45, 2.75) is 23.1 Å². The van der Waals surface area contributed by atoms with E-state index in [1.54, 1.807) is 17.2 Å². The van der Waals surface area contributed by atoms with E-state index in [-0.39, 0.29) is 24.8 Å². The fraction of sp³-hybridized carbons (Fsp3) is 0.292. The molecule has 2 aliphatic heterocycles. The number of thioether (sulfide) groups is 1. The van der Waals surface area contributed by atoms with Gasteiger partial charge in [0.1, 0.15) is 46.6 Å². The van der Waals surface area contributed by atoms with E-state index in [1.807, 2.05) is 30.3 Å². The van der Waals surface area contributed by atoms with Gasteiger partial charge in [0.25, 0.3) is 0 Å². The summed E-state index contributed by atoms with van der Waals surface area (Å²) in [6.45, 7) is 1.45. The van der Waals surface area contributed by atoms with Crippen LogP contribution in [0.4, 0.5) is 10.2 Å². The molecule has 0 N–H and O–H groups in total. The molecule has 170 valence electrons. The van der Waals surface area contributed by atoms with Gasteiger partial charge >= 0.3 is 0 Å². The molecule has 2 fully saturated rings. The molecule has 0 saturated carbocycles. The van der Waals surface area contributed by atoms with Crippen LogP contribution < -0.4 is 9.64 Å². The van der Waals surface area contributed by atoms with Gasteiger partial charge in [-0.15, -0.1) is 0 Å².